The number of aromatic amines is 1. The zero-order valence-electron chi connectivity index (χ0n) is 12.2. The average Bonchev–Trinajstić information content (AvgIpc) is 2.91. The van der Waals surface area contributed by atoms with E-state index in [4.69, 9.17) is 16.0 Å². The highest BCUT2D eigenvalue weighted by atomic mass is 35.5. The van der Waals surface area contributed by atoms with Crippen molar-refractivity contribution >= 4 is 22.7 Å². The molecule has 0 amide bonds. The van der Waals surface area contributed by atoms with Gasteiger partial charge in [-0.3, -0.25) is 9.97 Å². The van der Waals surface area contributed by atoms with E-state index in [1.807, 2.05) is 0 Å². The van der Waals surface area contributed by atoms with Crippen molar-refractivity contribution in [2.24, 2.45) is 0 Å². The lowest BCUT2D eigenvalue weighted by Gasteiger charge is -2.14. The molecule has 0 aliphatic heterocycles. The minimum atomic E-state index is -3.65. The van der Waals surface area contributed by atoms with E-state index in [1.165, 1.54) is 0 Å². The van der Waals surface area contributed by atoms with Crippen LogP contribution in [0.5, 0.6) is 0 Å². The summed E-state index contributed by atoms with van der Waals surface area (Å²) in [7, 11) is 0. The molecule has 0 saturated heterocycles. The molecule has 0 unspecified atom stereocenters. The van der Waals surface area contributed by atoms with Gasteiger partial charge in [-0.15, -0.1) is 0 Å². The van der Waals surface area contributed by atoms with Crippen LogP contribution < -0.4 is 5.76 Å². The number of hydrogen-bond donors (Lipinski definition) is 1. The van der Waals surface area contributed by atoms with E-state index in [9.17, 15) is 26.7 Å². The van der Waals surface area contributed by atoms with Gasteiger partial charge in [0.15, 0.2) is 5.58 Å². The van der Waals surface area contributed by atoms with Crippen molar-refractivity contribution in [3.8, 4) is 11.3 Å². The third-order valence-electron chi connectivity index (χ3n) is 3.29. The number of rotatable bonds is 3. The highest BCUT2D eigenvalue weighted by molar-refractivity contribution is 6.35. The van der Waals surface area contributed by atoms with Crippen LogP contribution in [0.4, 0.5) is 22.0 Å². The van der Waals surface area contributed by atoms with Gasteiger partial charge in [-0.1, -0.05) is 11.6 Å². The van der Waals surface area contributed by atoms with E-state index in [2.05, 4.69) is 15.0 Å². The van der Waals surface area contributed by atoms with Gasteiger partial charge < -0.3 is 4.42 Å². The Morgan fingerprint density at radius 2 is 2.04 bits per heavy atom. The monoisotopic (exact) mass is 379 g/mol. The van der Waals surface area contributed by atoms with Gasteiger partial charge in [-0.25, -0.2) is 22.9 Å². The second kappa shape index (κ2) is 5.80. The molecule has 11 heteroatoms. The quantitative estimate of drug-likeness (QED) is 0.684. The highest BCUT2D eigenvalue weighted by Crippen LogP contribution is 2.36. The van der Waals surface area contributed by atoms with Gasteiger partial charge in [0.1, 0.15) is 27.7 Å². The fraction of sp³-hybridized carbons (Fsp3) is 0.214. The minimum absolute atomic E-state index is 0.216. The topological polar surface area (TPSA) is 71.8 Å². The lowest BCUT2D eigenvalue weighted by Crippen LogP contribution is -2.15. The van der Waals surface area contributed by atoms with Crippen molar-refractivity contribution in [1.82, 2.24) is 15.0 Å². The predicted molar refractivity (Wildman–Crippen MR) is 77.4 cm³/mol. The number of alkyl halides is 4. The van der Waals surface area contributed by atoms with E-state index < -0.39 is 40.3 Å². The molecule has 0 spiro atoms. The number of hydrogen-bond acceptors (Lipinski definition) is 4. The molecule has 0 atom stereocenters. The third-order valence-corrected chi connectivity index (χ3v) is 3.66. The average molecular weight is 380 g/mol. The summed E-state index contributed by atoms with van der Waals surface area (Å²) in [5.74, 6) is -5.62. The Balaban J connectivity index is 2.31. The third kappa shape index (κ3) is 2.97. The molecule has 0 radical (unpaired) electrons. The Labute approximate surface area is 140 Å². The molecule has 0 bridgehead atoms. The van der Waals surface area contributed by atoms with Gasteiger partial charge in [0.25, 0.3) is 12.3 Å². The predicted octanol–water partition coefficient (Wildman–Crippen LogP) is 4.42. The maximum Gasteiger partial charge on any atom is 0.417 e. The first-order valence-electron chi connectivity index (χ1n) is 6.64. The Hall–Kier alpha value is -2.49. The van der Waals surface area contributed by atoms with Crippen LogP contribution in [0.3, 0.4) is 0 Å². The highest BCUT2D eigenvalue weighted by Gasteiger charge is 2.34. The van der Waals surface area contributed by atoms with Crippen LogP contribution in [-0.4, -0.2) is 15.0 Å². The number of H-pyrrole nitrogens is 1. The summed E-state index contributed by atoms with van der Waals surface area (Å²) in [4.78, 5) is 20.3. The van der Waals surface area contributed by atoms with Gasteiger partial charge >= 0.3 is 5.76 Å². The molecule has 2 heterocycles. The summed E-state index contributed by atoms with van der Waals surface area (Å²) >= 11 is 5.71. The molecule has 0 aliphatic carbocycles. The van der Waals surface area contributed by atoms with Crippen LogP contribution >= 0.6 is 11.6 Å². The van der Waals surface area contributed by atoms with Gasteiger partial charge in [0.05, 0.1) is 11.9 Å². The van der Waals surface area contributed by atoms with Crippen molar-refractivity contribution in [1.29, 1.82) is 0 Å². The molecular weight excluding hydrogens is 373 g/mol. The van der Waals surface area contributed by atoms with Crippen molar-refractivity contribution in [3.05, 3.63) is 45.0 Å². The van der Waals surface area contributed by atoms with Crippen LogP contribution in [0.25, 0.3) is 22.4 Å². The Bertz CT molecular complexity index is 1030. The Morgan fingerprint density at radius 1 is 1.36 bits per heavy atom. The molecule has 25 heavy (non-hydrogen) atoms. The number of aromatic nitrogens is 3. The van der Waals surface area contributed by atoms with E-state index in [0.717, 1.165) is 12.3 Å². The summed E-state index contributed by atoms with van der Waals surface area (Å²) in [5, 5.41) is -0.455. The number of oxazole rings is 1. The molecule has 1 N–H and O–H groups in total. The van der Waals surface area contributed by atoms with Crippen LogP contribution in [0.1, 0.15) is 24.7 Å². The van der Waals surface area contributed by atoms with Gasteiger partial charge in [-0.2, -0.15) is 8.78 Å². The van der Waals surface area contributed by atoms with Gasteiger partial charge in [0.2, 0.25) is 0 Å². The minimum Gasteiger partial charge on any atom is -0.407 e. The second-order valence-electron chi connectivity index (χ2n) is 5.12. The van der Waals surface area contributed by atoms with Crippen molar-refractivity contribution in [3.63, 3.8) is 0 Å². The lowest BCUT2D eigenvalue weighted by atomic mass is 10.1. The maximum absolute atomic E-state index is 13.9. The molecule has 0 fully saturated rings. The molecule has 0 saturated carbocycles. The van der Waals surface area contributed by atoms with Gasteiger partial charge in [0, 0.05) is 12.5 Å². The fourth-order valence-electron chi connectivity index (χ4n) is 2.26. The van der Waals surface area contributed by atoms with Crippen LogP contribution in [0, 0.1) is 5.82 Å². The van der Waals surface area contributed by atoms with Crippen LogP contribution in [-0.2, 0) is 5.92 Å². The zero-order chi connectivity index (χ0) is 18.5. The normalized spacial score (nSPS) is 12.3. The van der Waals surface area contributed by atoms with E-state index in [0.29, 0.717) is 6.92 Å². The van der Waals surface area contributed by atoms with E-state index in [-0.39, 0.29) is 22.4 Å². The molecule has 5 nitrogen and oxygen atoms in total. The van der Waals surface area contributed by atoms with E-state index in [1.54, 1.807) is 0 Å². The zero-order valence-corrected chi connectivity index (χ0v) is 13.0. The molecule has 2 aromatic heterocycles. The smallest absolute Gasteiger partial charge is 0.407 e. The molecule has 1 aromatic carbocycles. The van der Waals surface area contributed by atoms with Crippen LogP contribution in [0.15, 0.2) is 21.5 Å². The SMILES string of the molecule is CC(F)(F)c1ncc(-c2cc(F)c(Cl)c3[nH]c(=O)oc23)nc1C(F)F. The summed E-state index contributed by atoms with van der Waals surface area (Å²) in [6.45, 7) is 0.397. The number of halogens is 6. The number of fused-ring (bicyclic) bond motifs is 1. The molecule has 0 aliphatic rings. The number of benzene rings is 1. The van der Waals surface area contributed by atoms with Gasteiger partial charge in [-0.05, 0) is 6.07 Å². The number of nitrogens with zero attached hydrogens (tertiary/aromatic N) is 2. The molecule has 132 valence electrons. The Morgan fingerprint density at radius 3 is 2.64 bits per heavy atom. The first kappa shape index (κ1) is 17.3. The molecule has 3 rings (SSSR count). The summed E-state index contributed by atoms with van der Waals surface area (Å²) in [6, 6.07) is 0.782. The number of nitrogens with one attached hydrogen (secondary N) is 1. The standard InChI is InChI=1S/C14H7ClF5N3O2/c1-14(19,20)11-9(12(17)18)22-6(3-21-11)4-2-5(16)7(15)8-10(4)25-13(24)23-8/h2-3,12H,1H3,(H,23,24). The first-order valence-corrected chi connectivity index (χ1v) is 7.02. The molecule has 3 aromatic rings. The van der Waals surface area contributed by atoms with E-state index >= 15 is 0 Å². The fourth-order valence-corrected chi connectivity index (χ4v) is 2.45. The first-order chi connectivity index (χ1) is 11.6. The molecular formula is C14H7ClF5N3O2. The largest absolute Gasteiger partial charge is 0.417 e. The van der Waals surface area contributed by atoms with Crippen molar-refractivity contribution in [2.75, 3.05) is 0 Å². The summed E-state index contributed by atoms with van der Waals surface area (Å²) in [5.41, 5.74) is -3.56. The van der Waals surface area contributed by atoms with Crippen molar-refractivity contribution in [2.45, 2.75) is 19.3 Å². The second-order valence-corrected chi connectivity index (χ2v) is 5.49. The van der Waals surface area contributed by atoms with Crippen molar-refractivity contribution < 1.29 is 26.4 Å². The summed E-state index contributed by atoms with van der Waals surface area (Å²) < 4.78 is 71.8. The van der Waals surface area contributed by atoms with Crippen LogP contribution in [0.2, 0.25) is 5.02 Å². The maximum atomic E-state index is 13.9. The summed E-state index contributed by atoms with van der Waals surface area (Å²) in [6.07, 6.45) is -2.59. The Kier molecular flexibility index (Phi) is 4.02. The lowest BCUT2D eigenvalue weighted by molar-refractivity contribution is 0.00648.